The van der Waals surface area contributed by atoms with E-state index in [1.54, 1.807) is 36.4 Å². The van der Waals surface area contributed by atoms with Gasteiger partial charge in [0.25, 0.3) is 5.91 Å². The first-order valence-electron chi connectivity index (χ1n) is 10.4. The maximum Gasteiger partial charge on any atom is 0.387 e. The third-order valence-electron chi connectivity index (χ3n) is 5.26. The second-order valence-corrected chi connectivity index (χ2v) is 8.42. The Labute approximate surface area is 188 Å². The smallest absolute Gasteiger partial charge is 0.387 e. The highest BCUT2D eigenvalue weighted by Crippen LogP contribution is 2.40. The van der Waals surface area contributed by atoms with Crippen LogP contribution in [0.3, 0.4) is 0 Å². The monoisotopic (exact) mass is 462 g/mol. The molecule has 6 nitrogen and oxygen atoms in total. The van der Waals surface area contributed by atoms with Crippen LogP contribution in [-0.2, 0) is 11.2 Å². The third-order valence-corrected chi connectivity index (χ3v) is 6.47. The minimum absolute atomic E-state index is 0.107. The van der Waals surface area contributed by atoms with Gasteiger partial charge in [0.1, 0.15) is 10.8 Å². The van der Waals surface area contributed by atoms with Gasteiger partial charge in [0.2, 0.25) is 0 Å². The van der Waals surface area contributed by atoms with E-state index in [1.165, 1.54) is 17.6 Å². The minimum atomic E-state index is -2.87. The Kier molecular flexibility index (Phi) is 7.19. The third kappa shape index (κ3) is 5.17. The van der Waals surface area contributed by atoms with Crippen molar-refractivity contribution in [2.45, 2.75) is 26.0 Å². The number of aryl methyl sites for hydroxylation is 1. The van der Waals surface area contributed by atoms with Crippen LogP contribution in [0.1, 0.15) is 39.5 Å². The summed E-state index contributed by atoms with van der Waals surface area (Å²) in [4.78, 5) is 16.1. The van der Waals surface area contributed by atoms with Crippen molar-refractivity contribution in [2.24, 2.45) is 0 Å². The molecule has 4 rings (SSSR count). The van der Waals surface area contributed by atoms with Crippen LogP contribution >= 0.6 is 11.3 Å². The zero-order valence-electron chi connectivity index (χ0n) is 17.6. The SMILES string of the molecule is CCc1cc([C@@H](c2ccc(OC(F)F)cc2)N2CCOCC2)c(NC(=O)c2ccco2)s1. The maximum absolute atomic E-state index is 12.7. The Morgan fingerprint density at radius 3 is 2.59 bits per heavy atom. The lowest BCUT2D eigenvalue weighted by Gasteiger charge is -2.35. The number of halogens is 2. The number of hydrogen-bond donors (Lipinski definition) is 1. The molecule has 9 heteroatoms. The average Bonchev–Trinajstić information content (AvgIpc) is 3.46. The molecule has 170 valence electrons. The van der Waals surface area contributed by atoms with Crippen LogP contribution in [0, 0.1) is 0 Å². The van der Waals surface area contributed by atoms with Gasteiger partial charge in [-0.2, -0.15) is 8.78 Å². The number of amides is 1. The van der Waals surface area contributed by atoms with Gasteiger partial charge in [-0.05, 0) is 42.3 Å². The van der Waals surface area contributed by atoms with Gasteiger partial charge in [0.05, 0.1) is 25.5 Å². The summed E-state index contributed by atoms with van der Waals surface area (Å²) in [7, 11) is 0. The fourth-order valence-corrected chi connectivity index (χ4v) is 4.78. The molecule has 1 aliphatic rings. The van der Waals surface area contributed by atoms with Gasteiger partial charge < -0.3 is 19.2 Å². The molecule has 3 aromatic rings. The van der Waals surface area contributed by atoms with E-state index in [2.05, 4.69) is 27.9 Å². The average molecular weight is 463 g/mol. The molecule has 1 fully saturated rings. The summed E-state index contributed by atoms with van der Waals surface area (Å²) >= 11 is 1.53. The van der Waals surface area contributed by atoms with Gasteiger partial charge in [-0.15, -0.1) is 11.3 Å². The minimum Gasteiger partial charge on any atom is -0.459 e. The number of rotatable bonds is 8. The highest BCUT2D eigenvalue weighted by Gasteiger charge is 2.29. The molecule has 1 saturated heterocycles. The highest BCUT2D eigenvalue weighted by molar-refractivity contribution is 7.16. The molecule has 32 heavy (non-hydrogen) atoms. The second-order valence-electron chi connectivity index (χ2n) is 7.28. The number of carbonyl (C=O) groups is 1. The lowest BCUT2D eigenvalue weighted by atomic mass is 9.97. The van der Waals surface area contributed by atoms with Crippen molar-refractivity contribution in [2.75, 3.05) is 31.6 Å². The van der Waals surface area contributed by atoms with E-state index in [4.69, 9.17) is 9.15 Å². The molecule has 0 bridgehead atoms. The van der Waals surface area contributed by atoms with E-state index < -0.39 is 6.61 Å². The number of nitrogens with one attached hydrogen (secondary N) is 1. The lowest BCUT2D eigenvalue weighted by Crippen LogP contribution is -2.39. The van der Waals surface area contributed by atoms with E-state index in [0.717, 1.165) is 27.4 Å². The quantitative estimate of drug-likeness (QED) is 0.500. The lowest BCUT2D eigenvalue weighted by molar-refractivity contribution is -0.0498. The normalized spacial score (nSPS) is 15.6. The summed E-state index contributed by atoms with van der Waals surface area (Å²) in [5.41, 5.74) is 1.87. The number of nitrogens with zero attached hydrogens (tertiary/aromatic N) is 1. The molecule has 0 spiro atoms. The summed E-state index contributed by atoms with van der Waals surface area (Å²) in [6, 6.07) is 11.9. The molecule has 0 radical (unpaired) electrons. The molecule has 1 N–H and O–H groups in total. The molecule has 0 aliphatic carbocycles. The van der Waals surface area contributed by atoms with Gasteiger partial charge >= 0.3 is 6.61 Å². The standard InChI is InChI=1S/C23H24F2N2O4S/c1-2-17-14-18(22(32-17)26-21(28)19-4-3-11-30-19)20(27-9-12-29-13-10-27)15-5-7-16(8-6-15)31-23(24)25/h3-8,11,14,20,23H,2,9-10,12-13H2,1H3,(H,26,28)/t20-/m1/s1. The van der Waals surface area contributed by atoms with Crippen LogP contribution in [-0.4, -0.2) is 43.7 Å². The first-order valence-corrected chi connectivity index (χ1v) is 11.2. The molecule has 0 saturated carbocycles. The van der Waals surface area contributed by atoms with Crippen molar-refractivity contribution in [3.8, 4) is 5.75 Å². The number of morpholine rings is 1. The molecule has 1 amide bonds. The number of anilines is 1. The van der Waals surface area contributed by atoms with Crippen molar-refractivity contribution < 1.29 is 27.5 Å². The van der Waals surface area contributed by atoms with Crippen LogP contribution in [0.25, 0.3) is 0 Å². The van der Waals surface area contributed by atoms with E-state index in [9.17, 15) is 13.6 Å². The number of alkyl halides is 2. The summed E-state index contributed by atoms with van der Waals surface area (Å²) in [5, 5.41) is 3.74. The summed E-state index contributed by atoms with van der Waals surface area (Å²) in [6.07, 6.45) is 2.28. The molecule has 3 heterocycles. The van der Waals surface area contributed by atoms with Crippen molar-refractivity contribution in [3.05, 3.63) is 70.5 Å². The number of ether oxygens (including phenoxy) is 2. The molecule has 1 aliphatic heterocycles. The Morgan fingerprint density at radius 2 is 1.97 bits per heavy atom. The van der Waals surface area contributed by atoms with Crippen LogP contribution < -0.4 is 10.1 Å². The van der Waals surface area contributed by atoms with Gasteiger partial charge in [-0.1, -0.05) is 19.1 Å². The van der Waals surface area contributed by atoms with Crippen LogP contribution in [0.5, 0.6) is 5.75 Å². The van der Waals surface area contributed by atoms with Crippen LogP contribution in [0.2, 0.25) is 0 Å². The number of hydrogen-bond acceptors (Lipinski definition) is 6. The van der Waals surface area contributed by atoms with Crippen molar-refractivity contribution in [3.63, 3.8) is 0 Å². The zero-order valence-corrected chi connectivity index (χ0v) is 18.4. The number of carbonyl (C=O) groups excluding carboxylic acids is 1. The summed E-state index contributed by atoms with van der Waals surface area (Å²) in [5.74, 6) is 0.0244. The predicted molar refractivity (Wildman–Crippen MR) is 118 cm³/mol. The highest BCUT2D eigenvalue weighted by atomic mass is 32.1. The Hall–Kier alpha value is -2.75. The Balaban J connectivity index is 1.70. The summed E-state index contributed by atoms with van der Waals surface area (Å²) in [6.45, 7) is 1.81. The van der Waals surface area contributed by atoms with Crippen LogP contribution in [0.4, 0.5) is 13.8 Å². The first-order chi connectivity index (χ1) is 15.5. The largest absolute Gasteiger partial charge is 0.459 e. The van der Waals surface area contributed by atoms with Gasteiger partial charge in [-0.25, -0.2) is 0 Å². The Bertz CT molecular complexity index is 1020. The second kappa shape index (κ2) is 10.2. The van der Waals surface area contributed by atoms with E-state index in [0.29, 0.717) is 26.3 Å². The van der Waals surface area contributed by atoms with Crippen LogP contribution in [0.15, 0.2) is 53.1 Å². The first kappa shape index (κ1) is 22.4. The Morgan fingerprint density at radius 1 is 1.22 bits per heavy atom. The van der Waals surface area contributed by atoms with Crippen molar-refractivity contribution >= 4 is 22.2 Å². The molecule has 1 atom stereocenters. The molecular formula is C23H24F2N2O4S. The van der Waals surface area contributed by atoms with E-state index >= 15 is 0 Å². The predicted octanol–water partition coefficient (Wildman–Crippen LogP) is 5.18. The molecular weight excluding hydrogens is 438 g/mol. The van der Waals surface area contributed by atoms with Crippen molar-refractivity contribution in [1.29, 1.82) is 0 Å². The van der Waals surface area contributed by atoms with E-state index in [-0.39, 0.29) is 23.5 Å². The van der Waals surface area contributed by atoms with Gasteiger partial charge in [0.15, 0.2) is 5.76 Å². The fourth-order valence-electron chi connectivity index (χ4n) is 3.76. The van der Waals surface area contributed by atoms with Gasteiger partial charge in [-0.3, -0.25) is 9.69 Å². The molecule has 0 unspecified atom stereocenters. The topological polar surface area (TPSA) is 63.9 Å². The van der Waals surface area contributed by atoms with Crippen molar-refractivity contribution in [1.82, 2.24) is 4.90 Å². The van der Waals surface area contributed by atoms with E-state index in [1.807, 2.05) is 0 Å². The number of furan rings is 1. The van der Waals surface area contributed by atoms with Gasteiger partial charge in [0, 0.05) is 23.5 Å². The number of benzene rings is 1. The fraction of sp³-hybridized carbons (Fsp3) is 0.348. The number of thiophene rings is 1. The zero-order chi connectivity index (χ0) is 22.5. The summed E-state index contributed by atoms with van der Waals surface area (Å²) < 4.78 is 40.4. The molecule has 2 aromatic heterocycles. The maximum atomic E-state index is 12.7. The molecule has 1 aromatic carbocycles.